The standard InChI is InChI=1S/C14H24N4/c1-2-13-6-4-3-5-9-18(13)11-12-7-8-16-14(10-12)17-15/h7-8,10,13H,2-6,9,11,15H2,1H3,(H,16,17). The van der Waals surface area contributed by atoms with E-state index in [1.54, 1.807) is 0 Å². The molecule has 4 nitrogen and oxygen atoms in total. The minimum absolute atomic E-state index is 0.731. The average Bonchev–Trinajstić information content (AvgIpc) is 2.64. The maximum absolute atomic E-state index is 5.40. The highest BCUT2D eigenvalue weighted by atomic mass is 15.2. The highest BCUT2D eigenvalue weighted by Gasteiger charge is 2.19. The van der Waals surface area contributed by atoms with Crippen LogP contribution >= 0.6 is 0 Å². The minimum atomic E-state index is 0.731. The van der Waals surface area contributed by atoms with Gasteiger partial charge in [0.05, 0.1) is 0 Å². The lowest BCUT2D eigenvalue weighted by atomic mass is 10.1. The Morgan fingerprint density at radius 1 is 1.44 bits per heavy atom. The fourth-order valence-corrected chi connectivity index (χ4v) is 2.79. The van der Waals surface area contributed by atoms with Gasteiger partial charge in [-0.3, -0.25) is 4.90 Å². The van der Waals surface area contributed by atoms with Crippen molar-refractivity contribution in [2.45, 2.75) is 51.6 Å². The van der Waals surface area contributed by atoms with Gasteiger partial charge in [-0.25, -0.2) is 10.8 Å². The number of nitrogen functional groups attached to an aromatic ring is 1. The number of pyridine rings is 1. The van der Waals surface area contributed by atoms with Gasteiger partial charge in [0.25, 0.3) is 0 Å². The zero-order valence-electron chi connectivity index (χ0n) is 11.2. The van der Waals surface area contributed by atoms with Crippen LogP contribution in [0.5, 0.6) is 0 Å². The summed E-state index contributed by atoms with van der Waals surface area (Å²) in [5.74, 6) is 6.15. The van der Waals surface area contributed by atoms with Crippen LogP contribution in [-0.4, -0.2) is 22.5 Å². The summed E-state index contributed by atoms with van der Waals surface area (Å²) >= 11 is 0. The Bertz CT molecular complexity index is 367. The summed E-state index contributed by atoms with van der Waals surface area (Å²) in [6.07, 6.45) is 8.48. The molecule has 3 N–H and O–H groups in total. The molecule has 2 heterocycles. The molecule has 0 saturated carbocycles. The number of rotatable bonds is 4. The van der Waals surface area contributed by atoms with Crippen LogP contribution in [0.3, 0.4) is 0 Å². The molecular formula is C14H24N4. The molecule has 1 fully saturated rings. The first-order valence-electron chi connectivity index (χ1n) is 6.99. The van der Waals surface area contributed by atoms with Crippen LogP contribution in [0.15, 0.2) is 18.3 Å². The van der Waals surface area contributed by atoms with Crippen molar-refractivity contribution in [1.82, 2.24) is 9.88 Å². The maximum Gasteiger partial charge on any atom is 0.140 e. The Balaban J connectivity index is 2.05. The third-order valence-electron chi connectivity index (χ3n) is 3.83. The largest absolute Gasteiger partial charge is 0.308 e. The molecule has 100 valence electrons. The summed E-state index contributed by atoms with van der Waals surface area (Å²) in [7, 11) is 0. The molecule has 2 rings (SSSR count). The summed E-state index contributed by atoms with van der Waals surface area (Å²) in [6.45, 7) is 4.52. The van der Waals surface area contributed by atoms with Crippen LogP contribution in [0.2, 0.25) is 0 Å². The van der Waals surface area contributed by atoms with Gasteiger partial charge in [0.1, 0.15) is 5.82 Å². The van der Waals surface area contributed by atoms with Crippen molar-refractivity contribution < 1.29 is 0 Å². The normalized spacial score (nSPS) is 21.6. The van der Waals surface area contributed by atoms with E-state index < -0.39 is 0 Å². The van der Waals surface area contributed by atoms with E-state index in [0.29, 0.717) is 0 Å². The molecule has 0 amide bonds. The number of aromatic nitrogens is 1. The van der Waals surface area contributed by atoms with Gasteiger partial charge in [-0.15, -0.1) is 0 Å². The smallest absolute Gasteiger partial charge is 0.140 e. The van der Waals surface area contributed by atoms with Crippen molar-refractivity contribution >= 4 is 5.82 Å². The van der Waals surface area contributed by atoms with Crippen molar-refractivity contribution in [3.8, 4) is 0 Å². The Morgan fingerprint density at radius 3 is 3.11 bits per heavy atom. The lowest BCUT2D eigenvalue weighted by Gasteiger charge is -2.29. The molecule has 1 unspecified atom stereocenters. The second-order valence-corrected chi connectivity index (χ2v) is 5.08. The van der Waals surface area contributed by atoms with E-state index in [-0.39, 0.29) is 0 Å². The maximum atomic E-state index is 5.40. The van der Waals surface area contributed by atoms with Gasteiger partial charge in [-0.2, -0.15) is 0 Å². The molecular weight excluding hydrogens is 224 g/mol. The first-order valence-corrected chi connectivity index (χ1v) is 6.99. The summed E-state index contributed by atoms with van der Waals surface area (Å²) < 4.78 is 0. The van der Waals surface area contributed by atoms with Crippen molar-refractivity contribution in [3.05, 3.63) is 23.9 Å². The second kappa shape index (κ2) is 6.71. The molecule has 1 aromatic heterocycles. The number of likely N-dealkylation sites (tertiary alicyclic amines) is 1. The van der Waals surface area contributed by atoms with Gasteiger partial charge in [-0.05, 0) is 43.5 Å². The Labute approximate surface area is 110 Å². The molecule has 0 radical (unpaired) electrons. The second-order valence-electron chi connectivity index (χ2n) is 5.08. The molecule has 0 spiro atoms. The Hall–Kier alpha value is -1.13. The molecule has 1 aliphatic heterocycles. The zero-order chi connectivity index (χ0) is 12.8. The predicted molar refractivity (Wildman–Crippen MR) is 75.0 cm³/mol. The highest BCUT2D eigenvalue weighted by molar-refractivity contribution is 5.35. The number of hydrazine groups is 1. The quantitative estimate of drug-likeness (QED) is 0.635. The lowest BCUT2D eigenvalue weighted by molar-refractivity contribution is 0.186. The van der Waals surface area contributed by atoms with Gasteiger partial charge in [0.2, 0.25) is 0 Å². The van der Waals surface area contributed by atoms with Gasteiger partial charge >= 0.3 is 0 Å². The number of nitrogens with zero attached hydrogens (tertiary/aromatic N) is 2. The third kappa shape index (κ3) is 3.43. The fourth-order valence-electron chi connectivity index (χ4n) is 2.79. The monoisotopic (exact) mass is 248 g/mol. The molecule has 0 bridgehead atoms. The fraction of sp³-hybridized carbons (Fsp3) is 0.643. The van der Waals surface area contributed by atoms with Crippen LogP contribution in [0.1, 0.15) is 44.6 Å². The minimum Gasteiger partial charge on any atom is -0.308 e. The number of hydrogen-bond acceptors (Lipinski definition) is 4. The van der Waals surface area contributed by atoms with Crippen molar-refractivity contribution in [3.63, 3.8) is 0 Å². The molecule has 1 aromatic rings. The van der Waals surface area contributed by atoms with Gasteiger partial charge in [-0.1, -0.05) is 19.8 Å². The van der Waals surface area contributed by atoms with E-state index in [9.17, 15) is 0 Å². The van der Waals surface area contributed by atoms with Crippen LogP contribution < -0.4 is 11.3 Å². The number of nitrogens with one attached hydrogen (secondary N) is 1. The Kier molecular flexibility index (Phi) is 4.96. The van der Waals surface area contributed by atoms with E-state index in [2.05, 4.69) is 28.3 Å². The molecule has 4 heteroatoms. The van der Waals surface area contributed by atoms with E-state index >= 15 is 0 Å². The van der Waals surface area contributed by atoms with Crippen LogP contribution in [-0.2, 0) is 6.54 Å². The third-order valence-corrected chi connectivity index (χ3v) is 3.83. The average molecular weight is 248 g/mol. The molecule has 1 saturated heterocycles. The van der Waals surface area contributed by atoms with Crippen molar-refractivity contribution in [2.24, 2.45) is 5.84 Å². The number of hydrogen-bond donors (Lipinski definition) is 2. The van der Waals surface area contributed by atoms with Crippen LogP contribution in [0.4, 0.5) is 5.82 Å². The molecule has 0 aromatic carbocycles. The first kappa shape index (κ1) is 13.3. The zero-order valence-corrected chi connectivity index (χ0v) is 11.2. The first-order chi connectivity index (χ1) is 8.83. The molecule has 0 aliphatic carbocycles. The van der Waals surface area contributed by atoms with Crippen molar-refractivity contribution in [1.29, 1.82) is 0 Å². The summed E-state index contributed by atoms with van der Waals surface area (Å²) in [4.78, 5) is 6.77. The van der Waals surface area contributed by atoms with E-state index in [1.807, 2.05) is 12.3 Å². The van der Waals surface area contributed by atoms with Gasteiger partial charge < -0.3 is 5.43 Å². The van der Waals surface area contributed by atoms with Crippen LogP contribution in [0, 0.1) is 0 Å². The Morgan fingerprint density at radius 2 is 2.33 bits per heavy atom. The summed E-state index contributed by atoms with van der Waals surface area (Å²) in [5, 5.41) is 0. The lowest BCUT2D eigenvalue weighted by Crippen LogP contribution is -2.33. The molecule has 1 aliphatic rings. The number of anilines is 1. The van der Waals surface area contributed by atoms with Crippen LogP contribution in [0.25, 0.3) is 0 Å². The predicted octanol–water partition coefficient (Wildman–Crippen LogP) is 2.52. The van der Waals surface area contributed by atoms with Gasteiger partial charge in [0, 0.05) is 18.8 Å². The van der Waals surface area contributed by atoms with Gasteiger partial charge in [0.15, 0.2) is 0 Å². The highest BCUT2D eigenvalue weighted by Crippen LogP contribution is 2.21. The van der Waals surface area contributed by atoms with Crippen molar-refractivity contribution in [2.75, 3.05) is 12.0 Å². The van der Waals surface area contributed by atoms with E-state index in [0.717, 1.165) is 18.4 Å². The number of nitrogens with two attached hydrogens (primary N) is 1. The molecule has 1 atom stereocenters. The summed E-state index contributed by atoms with van der Waals surface area (Å²) in [5.41, 5.74) is 3.90. The SMILES string of the molecule is CCC1CCCCCN1Cc1ccnc(NN)c1. The van der Waals surface area contributed by atoms with E-state index in [1.165, 1.54) is 44.2 Å². The topological polar surface area (TPSA) is 54.2 Å². The summed E-state index contributed by atoms with van der Waals surface area (Å²) in [6, 6.07) is 4.85. The molecule has 18 heavy (non-hydrogen) atoms. The van der Waals surface area contributed by atoms with E-state index in [4.69, 9.17) is 5.84 Å².